The van der Waals surface area contributed by atoms with Gasteiger partial charge in [-0.15, -0.1) is 0 Å². The molecule has 2 amide bonds. The zero-order valence-electron chi connectivity index (χ0n) is 14.8. The molecule has 2 aromatic rings. The number of aromatic amines is 1. The molecule has 1 aliphatic rings. The molecule has 6 heteroatoms. The molecule has 1 saturated carbocycles. The van der Waals surface area contributed by atoms with Gasteiger partial charge in [-0.05, 0) is 36.6 Å². The number of benzene rings is 1. The predicted molar refractivity (Wildman–Crippen MR) is 99.4 cm³/mol. The molecule has 0 saturated heterocycles. The number of carbonyl (C=O) groups excluding carboxylic acids is 2. The molecule has 3 N–H and O–H groups in total. The number of hydrogen-bond acceptors (Lipinski definition) is 3. The molecule has 26 heavy (non-hydrogen) atoms. The van der Waals surface area contributed by atoms with Crippen LogP contribution in [0.3, 0.4) is 0 Å². The van der Waals surface area contributed by atoms with Crippen LogP contribution in [-0.2, 0) is 4.79 Å². The van der Waals surface area contributed by atoms with Crippen molar-refractivity contribution in [1.29, 1.82) is 5.26 Å². The second-order valence-electron chi connectivity index (χ2n) is 6.92. The minimum absolute atomic E-state index is 0.0504. The number of fused-ring (bicyclic) bond motifs is 1. The van der Waals surface area contributed by atoms with E-state index in [1.54, 1.807) is 6.07 Å². The molecular formula is C20H24N4O2. The summed E-state index contributed by atoms with van der Waals surface area (Å²) in [5.74, 6) is -0.108. The Kier molecular flexibility index (Phi) is 5.90. The minimum atomic E-state index is -0.610. The van der Waals surface area contributed by atoms with E-state index in [-0.39, 0.29) is 18.4 Å². The maximum atomic E-state index is 12.7. The molecule has 0 unspecified atom stereocenters. The highest BCUT2D eigenvalue weighted by atomic mass is 16.2. The Morgan fingerprint density at radius 1 is 1.23 bits per heavy atom. The van der Waals surface area contributed by atoms with Crippen LogP contribution in [0.25, 0.3) is 10.9 Å². The van der Waals surface area contributed by atoms with Gasteiger partial charge in [-0.3, -0.25) is 9.59 Å². The first kappa shape index (κ1) is 18.0. The first-order chi connectivity index (χ1) is 12.7. The summed E-state index contributed by atoms with van der Waals surface area (Å²) in [5.41, 5.74) is 1.49. The molecule has 0 bridgehead atoms. The quantitative estimate of drug-likeness (QED) is 0.697. The molecule has 1 aliphatic carbocycles. The minimum Gasteiger partial charge on any atom is -0.361 e. The largest absolute Gasteiger partial charge is 0.361 e. The lowest BCUT2D eigenvalue weighted by molar-refractivity contribution is -0.123. The normalized spacial score (nSPS) is 16.0. The number of hydrogen-bond donors (Lipinski definition) is 3. The van der Waals surface area contributed by atoms with Gasteiger partial charge in [0.2, 0.25) is 5.91 Å². The van der Waals surface area contributed by atoms with Gasteiger partial charge in [-0.2, -0.15) is 5.26 Å². The van der Waals surface area contributed by atoms with E-state index < -0.39 is 6.04 Å². The molecule has 1 fully saturated rings. The van der Waals surface area contributed by atoms with E-state index in [2.05, 4.69) is 15.6 Å². The molecule has 1 aromatic heterocycles. The standard InChI is InChI=1S/C20H24N4O2/c21-9-11-23-20(26)18(12-14-4-2-1-3-5-14)24-19(25)16-6-7-17-15(13-16)8-10-22-17/h6-8,10,13-14,18,22H,1-5,11-12H2,(H,23,26)(H,24,25)/t18-/m0/s1. The number of H-pyrrole nitrogens is 1. The molecule has 1 aromatic carbocycles. The highest BCUT2D eigenvalue weighted by molar-refractivity contribution is 6.00. The van der Waals surface area contributed by atoms with Crippen LogP contribution in [0.2, 0.25) is 0 Å². The SMILES string of the molecule is N#CCNC(=O)[C@H](CC1CCCCC1)NC(=O)c1ccc2[nH]ccc2c1. The van der Waals surface area contributed by atoms with Crippen LogP contribution >= 0.6 is 0 Å². The lowest BCUT2D eigenvalue weighted by Crippen LogP contribution is -2.48. The topological polar surface area (TPSA) is 97.8 Å². The summed E-state index contributed by atoms with van der Waals surface area (Å²) < 4.78 is 0. The van der Waals surface area contributed by atoms with Crippen molar-refractivity contribution >= 4 is 22.7 Å². The fourth-order valence-corrected chi connectivity index (χ4v) is 3.67. The van der Waals surface area contributed by atoms with Gasteiger partial charge in [-0.25, -0.2) is 0 Å². The monoisotopic (exact) mass is 352 g/mol. The Bertz CT molecular complexity index is 815. The number of nitriles is 1. The van der Waals surface area contributed by atoms with Crippen molar-refractivity contribution in [3.8, 4) is 6.07 Å². The van der Waals surface area contributed by atoms with Crippen LogP contribution in [0, 0.1) is 17.2 Å². The van der Waals surface area contributed by atoms with Crippen molar-refractivity contribution in [2.24, 2.45) is 5.92 Å². The van der Waals surface area contributed by atoms with E-state index in [0.29, 0.717) is 17.9 Å². The van der Waals surface area contributed by atoms with Gasteiger partial charge in [0.05, 0.1) is 6.07 Å². The summed E-state index contributed by atoms with van der Waals surface area (Å²) in [6.45, 7) is -0.0504. The molecule has 6 nitrogen and oxygen atoms in total. The van der Waals surface area contributed by atoms with Gasteiger partial charge < -0.3 is 15.6 Å². The number of carbonyl (C=O) groups is 2. The first-order valence-corrected chi connectivity index (χ1v) is 9.20. The van der Waals surface area contributed by atoms with E-state index in [0.717, 1.165) is 23.7 Å². The van der Waals surface area contributed by atoms with Crippen LogP contribution < -0.4 is 10.6 Å². The molecule has 0 spiro atoms. The summed E-state index contributed by atoms with van der Waals surface area (Å²) in [4.78, 5) is 28.2. The van der Waals surface area contributed by atoms with E-state index in [1.807, 2.05) is 30.5 Å². The lowest BCUT2D eigenvalue weighted by Gasteiger charge is -2.26. The summed E-state index contributed by atoms with van der Waals surface area (Å²) in [6, 6.07) is 8.63. The van der Waals surface area contributed by atoms with Crippen LogP contribution in [0.5, 0.6) is 0 Å². The van der Waals surface area contributed by atoms with Crippen LogP contribution in [-0.4, -0.2) is 29.4 Å². The number of rotatable bonds is 6. The van der Waals surface area contributed by atoms with Crippen LogP contribution in [0.4, 0.5) is 0 Å². The van der Waals surface area contributed by atoms with E-state index in [9.17, 15) is 9.59 Å². The highest BCUT2D eigenvalue weighted by Gasteiger charge is 2.26. The zero-order chi connectivity index (χ0) is 18.4. The Hall–Kier alpha value is -2.81. The Balaban J connectivity index is 1.71. The van der Waals surface area contributed by atoms with Gasteiger partial charge in [-0.1, -0.05) is 32.1 Å². The average molecular weight is 352 g/mol. The Morgan fingerprint density at radius 2 is 2.04 bits per heavy atom. The second kappa shape index (κ2) is 8.52. The highest BCUT2D eigenvalue weighted by Crippen LogP contribution is 2.27. The molecule has 0 radical (unpaired) electrons. The number of nitrogens with zero attached hydrogens (tertiary/aromatic N) is 1. The molecule has 136 valence electrons. The second-order valence-corrected chi connectivity index (χ2v) is 6.92. The summed E-state index contributed by atoms with van der Waals surface area (Å²) >= 11 is 0. The molecule has 1 atom stereocenters. The van der Waals surface area contributed by atoms with Gasteiger partial charge in [0.1, 0.15) is 12.6 Å². The van der Waals surface area contributed by atoms with E-state index >= 15 is 0 Å². The smallest absolute Gasteiger partial charge is 0.251 e. The fourth-order valence-electron chi connectivity index (χ4n) is 3.67. The number of aromatic nitrogens is 1. The first-order valence-electron chi connectivity index (χ1n) is 9.20. The Morgan fingerprint density at radius 3 is 2.81 bits per heavy atom. The van der Waals surface area contributed by atoms with Gasteiger partial charge in [0.15, 0.2) is 0 Å². The van der Waals surface area contributed by atoms with Gasteiger partial charge in [0, 0.05) is 22.7 Å². The van der Waals surface area contributed by atoms with Crippen molar-refractivity contribution in [3.05, 3.63) is 36.0 Å². The molecule has 0 aliphatic heterocycles. The third-order valence-corrected chi connectivity index (χ3v) is 5.07. The Labute approximate surface area is 153 Å². The van der Waals surface area contributed by atoms with E-state index in [4.69, 9.17) is 5.26 Å². The van der Waals surface area contributed by atoms with Gasteiger partial charge >= 0.3 is 0 Å². The molecule has 1 heterocycles. The summed E-state index contributed by atoms with van der Waals surface area (Å²) in [5, 5.41) is 15.1. The van der Waals surface area contributed by atoms with Crippen molar-refractivity contribution in [2.75, 3.05) is 6.54 Å². The van der Waals surface area contributed by atoms with Crippen molar-refractivity contribution < 1.29 is 9.59 Å². The van der Waals surface area contributed by atoms with Crippen LogP contribution in [0.1, 0.15) is 48.9 Å². The fraction of sp³-hybridized carbons (Fsp3) is 0.450. The number of amides is 2. The summed E-state index contributed by atoms with van der Waals surface area (Å²) in [7, 11) is 0. The molecular weight excluding hydrogens is 328 g/mol. The van der Waals surface area contributed by atoms with Crippen molar-refractivity contribution in [2.45, 2.75) is 44.6 Å². The lowest BCUT2D eigenvalue weighted by atomic mass is 9.84. The maximum absolute atomic E-state index is 12.7. The van der Waals surface area contributed by atoms with Crippen molar-refractivity contribution in [3.63, 3.8) is 0 Å². The number of nitrogens with one attached hydrogen (secondary N) is 3. The maximum Gasteiger partial charge on any atom is 0.251 e. The zero-order valence-corrected chi connectivity index (χ0v) is 14.8. The predicted octanol–water partition coefficient (Wildman–Crippen LogP) is 2.88. The van der Waals surface area contributed by atoms with Gasteiger partial charge in [0.25, 0.3) is 5.91 Å². The van der Waals surface area contributed by atoms with Crippen LogP contribution in [0.15, 0.2) is 30.5 Å². The summed E-state index contributed by atoms with van der Waals surface area (Å²) in [6.07, 6.45) is 8.22. The molecule has 3 rings (SSSR count). The van der Waals surface area contributed by atoms with Crippen molar-refractivity contribution in [1.82, 2.24) is 15.6 Å². The average Bonchev–Trinajstić information content (AvgIpc) is 3.14. The third-order valence-electron chi connectivity index (χ3n) is 5.07. The van der Waals surface area contributed by atoms with E-state index in [1.165, 1.54) is 19.3 Å². The third kappa shape index (κ3) is 4.42.